The molecule has 0 unspecified atom stereocenters. The summed E-state index contributed by atoms with van der Waals surface area (Å²) in [6, 6.07) is 0. The van der Waals surface area contributed by atoms with Gasteiger partial charge in [0, 0.05) is 18.0 Å². The summed E-state index contributed by atoms with van der Waals surface area (Å²) >= 11 is 1.91. The highest BCUT2D eigenvalue weighted by atomic mass is 32.1. The van der Waals surface area contributed by atoms with E-state index in [9.17, 15) is 0 Å². The topological polar surface area (TPSA) is 12.0 Å². The third-order valence-corrected chi connectivity index (χ3v) is 3.23. The van der Waals surface area contributed by atoms with Crippen LogP contribution in [-0.2, 0) is 19.5 Å². The van der Waals surface area contributed by atoms with Gasteiger partial charge in [0.25, 0.3) is 0 Å². The van der Waals surface area contributed by atoms with Gasteiger partial charge in [-0.3, -0.25) is 0 Å². The Morgan fingerprint density at radius 1 is 1.60 bits per heavy atom. The second-order valence-electron chi connectivity index (χ2n) is 2.62. The van der Waals surface area contributed by atoms with E-state index in [4.69, 9.17) is 0 Å². The van der Waals surface area contributed by atoms with Gasteiger partial charge in [-0.25, -0.2) is 0 Å². The van der Waals surface area contributed by atoms with Gasteiger partial charge in [0.1, 0.15) is 0 Å². The Kier molecular flexibility index (Phi) is 1.51. The molecule has 1 aromatic heterocycles. The van der Waals surface area contributed by atoms with E-state index < -0.39 is 0 Å². The van der Waals surface area contributed by atoms with Crippen molar-refractivity contribution in [1.82, 2.24) is 5.32 Å². The van der Waals surface area contributed by atoms with Gasteiger partial charge in [-0.1, -0.05) is 6.92 Å². The molecule has 1 aliphatic heterocycles. The lowest BCUT2D eigenvalue weighted by Gasteiger charge is -1.93. The maximum atomic E-state index is 3.35. The van der Waals surface area contributed by atoms with Crippen LogP contribution in [0.3, 0.4) is 0 Å². The zero-order valence-electron chi connectivity index (χ0n) is 6.11. The van der Waals surface area contributed by atoms with E-state index in [1.165, 1.54) is 12.0 Å². The minimum atomic E-state index is 1.09. The molecule has 0 saturated carbocycles. The van der Waals surface area contributed by atoms with Crippen molar-refractivity contribution in [3.63, 3.8) is 0 Å². The van der Waals surface area contributed by atoms with Gasteiger partial charge in [0.15, 0.2) is 0 Å². The molecular weight excluding hydrogens is 142 g/mol. The van der Waals surface area contributed by atoms with Crippen LogP contribution in [0.4, 0.5) is 0 Å². The molecule has 10 heavy (non-hydrogen) atoms. The maximum absolute atomic E-state index is 3.35. The largest absolute Gasteiger partial charge is 0.309 e. The molecule has 2 heterocycles. The molecule has 0 atom stereocenters. The lowest BCUT2D eigenvalue weighted by molar-refractivity contribution is 0.762. The molecule has 1 N–H and O–H groups in total. The van der Waals surface area contributed by atoms with Gasteiger partial charge in [0.05, 0.1) is 0 Å². The molecule has 0 aliphatic carbocycles. The maximum Gasteiger partial charge on any atom is 0.0222 e. The van der Waals surface area contributed by atoms with Crippen LogP contribution in [0.1, 0.15) is 22.9 Å². The normalized spacial score (nSPS) is 15.7. The summed E-state index contributed by atoms with van der Waals surface area (Å²) < 4.78 is 0. The SMILES string of the molecule is CCc1scc2c1CNC2. The van der Waals surface area contributed by atoms with Crippen molar-refractivity contribution >= 4 is 11.3 Å². The highest BCUT2D eigenvalue weighted by Gasteiger charge is 2.14. The van der Waals surface area contributed by atoms with Gasteiger partial charge in [-0.2, -0.15) is 0 Å². The molecule has 54 valence electrons. The molecule has 0 fully saturated rings. The Balaban J connectivity index is 2.44. The molecule has 1 aromatic rings. The Morgan fingerprint density at radius 2 is 2.50 bits per heavy atom. The predicted molar refractivity (Wildman–Crippen MR) is 44.2 cm³/mol. The fraction of sp³-hybridized carbons (Fsp3) is 0.500. The van der Waals surface area contributed by atoms with Gasteiger partial charge in [-0.05, 0) is 22.9 Å². The van der Waals surface area contributed by atoms with Gasteiger partial charge in [-0.15, -0.1) is 11.3 Å². The Bertz CT molecular complexity index is 239. The standard InChI is InChI=1S/C8H11NS/c1-2-8-7-4-9-3-6(7)5-10-8/h5,9H,2-4H2,1H3. The van der Waals surface area contributed by atoms with Crippen molar-refractivity contribution in [1.29, 1.82) is 0 Å². The number of hydrogen-bond donors (Lipinski definition) is 1. The van der Waals surface area contributed by atoms with Crippen molar-refractivity contribution in [3.05, 3.63) is 21.4 Å². The molecule has 0 saturated heterocycles. The summed E-state index contributed by atoms with van der Waals surface area (Å²) in [5, 5.41) is 5.63. The molecule has 0 amide bonds. The van der Waals surface area contributed by atoms with Crippen molar-refractivity contribution in [2.24, 2.45) is 0 Å². The van der Waals surface area contributed by atoms with Crippen LogP contribution in [-0.4, -0.2) is 0 Å². The van der Waals surface area contributed by atoms with E-state index in [-0.39, 0.29) is 0 Å². The molecular formula is C8H11NS. The summed E-state index contributed by atoms with van der Waals surface area (Å²) in [7, 11) is 0. The summed E-state index contributed by atoms with van der Waals surface area (Å²) in [6.07, 6.45) is 1.20. The monoisotopic (exact) mass is 153 g/mol. The van der Waals surface area contributed by atoms with Crippen LogP contribution in [0.15, 0.2) is 5.38 Å². The summed E-state index contributed by atoms with van der Waals surface area (Å²) in [6.45, 7) is 4.41. The number of nitrogens with one attached hydrogen (secondary N) is 1. The first kappa shape index (κ1) is 6.38. The number of fused-ring (bicyclic) bond motifs is 1. The van der Waals surface area contributed by atoms with Crippen molar-refractivity contribution in [3.8, 4) is 0 Å². The van der Waals surface area contributed by atoms with E-state index in [1.54, 1.807) is 10.4 Å². The lowest BCUT2D eigenvalue weighted by atomic mass is 10.2. The molecule has 0 spiro atoms. The minimum Gasteiger partial charge on any atom is -0.309 e. The van der Waals surface area contributed by atoms with E-state index in [1.807, 2.05) is 11.3 Å². The number of rotatable bonds is 1. The summed E-state index contributed by atoms with van der Waals surface area (Å²) in [4.78, 5) is 1.57. The van der Waals surface area contributed by atoms with E-state index in [2.05, 4.69) is 17.6 Å². The quantitative estimate of drug-likeness (QED) is 0.650. The van der Waals surface area contributed by atoms with Crippen LogP contribution < -0.4 is 5.32 Å². The van der Waals surface area contributed by atoms with Crippen LogP contribution in [0.5, 0.6) is 0 Å². The zero-order valence-corrected chi connectivity index (χ0v) is 6.92. The fourth-order valence-corrected chi connectivity index (χ4v) is 2.47. The van der Waals surface area contributed by atoms with Crippen LogP contribution in [0.2, 0.25) is 0 Å². The molecule has 1 nitrogen and oxygen atoms in total. The third kappa shape index (κ3) is 0.796. The van der Waals surface area contributed by atoms with E-state index in [0.717, 1.165) is 13.1 Å². The average Bonchev–Trinajstić information content (AvgIpc) is 2.44. The highest BCUT2D eigenvalue weighted by molar-refractivity contribution is 7.10. The first-order valence-corrected chi connectivity index (χ1v) is 4.58. The first-order valence-electron chi connectivity index (χ1n) is 3.70. The summed E-state index contributed by atoms with van der Waals surface area (Å²) in [5.74, 6) is 0. The zero-order chi connectivity index (χ0) is 6.97. The van der Waals surface area contributed by atoms with Crippen LogP contribution in [0, 0.1) is 0 Å². The summed E-state index contributed by atoms with van der Waals surface area (Å²) in [5.41, 5.74) is 3.11. The van der Waals surface area contributed by atoms with E-state index >= 15 is 0 Å². The number of hydrogen-bond acceptors (Lipinski definition) is 2. The predicted octanol–water partition coefficient (Wildman–Crippen LogP) is 1.91. The fourth-order valence-electron chi connectivity index (χ4n) is 1.44. The number of aryl methyl sites for hydroxylation is 1. The van der Waals surface area contributed by atoms with Crippen LogP contribution in [0.25, 0.3) is 0 Å². The van der Waals surface area contributed by atoms with Crippen LogP contribution >= 0.6 is 11.3 Å². The van der Waals surface area contributed by atoms with Gasteiger partial charge in [0.2, 0.25) is 0 Å². The Hall–Kier alpha value is -0.340. The molecule has 1 aliphatic rings. The second kappa shape index (κ2) is 2.36. The molecule has 0 aromatic carbocycles. The molecule has 2 heteroatoms. The Morgan fingerprint density at radius 3 is 3.30 bits per heavy atom. The van der Waals surface area contributed by atoms with E-state index in [0.29, 0.717) is 0 Å². The minimum absolute atomic E-state index is 1.09. The molecule has 2 rings (SSSR count). The van der Waals surface area contributed by atoms with Gasteiger partial charge >= 0.3 is 0 Å². The Labute approximate surface area is 65.1 Å². The first-order chi connectivity index (χ1) is 4.92. The number of thiophene rings is 1. The lowest BCUT2D eigenvalue weighted by Crippen LogP contribution is -2.01. The third-order valence-electron chi connectivity index (χ3n) is 2.01. The van der Waals surface area contributed by atoms with Crippen molar-refractivity contribution in [2.45, 2.75) is 26.4 Å². The smallest absolute Gasteiger partial charge is 0.0222 e. The molecule has 0 bridgehead atoms. The van der Waals surface area contributed by atoms with Crippen molar-refractivity contribution in [2.75, 3.05) is 0 Å². The van der Waals surface area contributed by atoms with Gasteiger partial charge < -0.3 is 5.32 Å². The average molecular weight is 153 g/mol. The molecule has 0 radical (unpaired) electrons. The highest BCUT2D eigenvalue weighted by Crippen LogP contribution is 2.26. The van der Waals surface area contributed by atoms with Crippen molar-refractivity contribution < 1.29 is 0 Å². The second-order valence-corrected chi connectivity index (χ2v) is 3.58.